The van der Waals surface area contributed by atoms with Gasteiger partial charge in [-0.3, -0.25) is 14.6 Å². The number of carbonyl (C=O) groups excluding carboxylic acids is 2. The average molecular weight is 567 g/mol. The Morgan fingerprint density at radius 2 is 1.84 bits per heavy atom. The van der Waals surface area contributed by atoms with Gasteiger partial charge in [0.2, 0.25) is 0 Å². The molecule has 1 amide bonds. The lowest BCUT2D eigenvalue weighted by Gasteiger charge is -2.21. The van der Waals surface area contributed by atoms with Crippen LogP contribution in [0.25, 0.3) is 10.9 Å². The van der Waals surface area contributed by atoms with E-state index in [-0.39, 0.29) is 23.0 Å². The van der Waals surface area contributed by atoms with Crippen molar-refractivity contribution in [1.29, 1.82) is 0 Å². The molecule has 2 atom stereocenters. The smallest absolute Gasteiger partial charge is 0.253 e. The Balaban J connectivity index is 1.15. The van der Waals surface area contributed by atoms with Crippen molar-refractivity contribution in [1.82, 2.24) is 9.88 Å². The van der Waals surface area contributed by atoms with Gasteiger partial charge in [0.05, 0.1) is 15.8 Å². The van der Waals surface area contributed by atoms with Crippen LogP contribution in [0.2, 0.25) is 0 Å². The van der Waals surface area contributed by atoms with E-state index in [1.165, 1.54) is 11.9 Å². The zero-order valence-corrected chi connectivity index (χ0v) is 23.2. The predicted octanol–water partition coefficient (Wildman–Crippen LogP) is 7.62. The van der Waals surface area contributed by atoms with Crippen LogP contribution in [0.15, 0.2) is 88.4 Å². The number of allylic oxidation sites excluding steroid dienone is 4. The van der Waals surface area contributed by atoms with Gasteiger partial charge < -0.3 is 9.62 Å². The number of hydrogen-bond acceptors (Lipinski definition) is 5. The Kier molecular flexibility index (Phi) is 8.72. The topological polar surface area (TPSA) is 62.3 Å². The van der Waals surface area contributed by atoms with Gasteiger partial charge in [0.15, 0.2) is 5.78 Å². The normalized spacial score (nSPS) is 19.9. The number of aromatic nitrogens is 1. The third kappa shape index (κ3) is 6.42. The average Bonchev–Trinajstić information content (AvgIpc) is 3.17. The second-order valence-corrected chi connectivity index (χ2v) is 11.6. The van der Waals surface area contributed by atoms with E-state index in [1.807, 2.05) is 59.5 Å². The molecule has 5 nitrogen and oxygen atoms in total. The number of hydrogen-bond donors (Lipinski definition) is 1. The molecule has 1 aliphatic carbocycles. The largest absolute Gasteiger partial charge is 0.339 e. The number of fused-ring (bicyclic) bond motifs is 1. The maximum absolute atomic E-state index is 13.2. The molecule has 2 unspecified atom stereocenters. The van der Waals surface area contributed by atoms with Crippen LogP contribution in [-0.2, 0) is 4.79 Å². The number of benzene rings is 2. The van der Waals surface area contributed by atoms with E-state index < -0.39 is 0 Å². The van der Waals surface area contributed by atoms with E-state index in [1.54, 1.807) is 18.3 Å². The van der Waals surface area contributed by atoms with Crippen LogP contribution in [0.1, 0.15) is 42.5 Å². The van der Waals surface area contributed by atoms with Gasteiger partial charge in [0.25, 0.3) is 5.91 Å². The fraction of sp³-hybridized carbons (Fsp3) is 0.300. The molecule has 1 saturated heterocycles. The lowest BCUT2D eigenvalue weighted by molar-refractivity contribution is -0.116. The molecule has 0 radical (unpaired) electrons. The Bertz CT molecular complexity index is 1380. The first-order valence-electron chi connectivity index (χ1n) is 12.9. The quantitative estimate of drug-likeness (QED) is 0.236. The summed E-state index contributed by atoms with van der Waals surface area (Å²) in [6.07, 6.45) is 8.91. The molecule has 8 heteroatoms. The highest BCUT2D eigenvalue weighted by Crippen LogP contribution is 2.31. The number of halogens is 2. The molecule has 0 spiro atoms. The summed E-state index contributed by atoms with van der Waals surface area (Å²) in [5, 5.41) is 1.42. The Hall–Kier alpha value is -2.80. The number of ketones is 1. The van der Waals surface area contributed by atoms with Crippen molar-refractivity contribution < 1.29 is 9.59 Å². The van der Waals surface area contributed by atoms with Crippen LogP contribution >= 0.6 is 35.1 Å². The van der Waals surface area contributed by atoms with Crippen molar-refractivity contribution in [3.8, 4) is 0 Å². The van der Waals surface area contributed by atoms with Gasteiger partial charge in [0.1, 0.15) is 0 Å². The molecule has 2 aliphatic rings. The summed E-state index contributed by atoms with van der Waals surface area (Å²) >= 11 is 13.9. The summed E-state index contributed by atoms with van der Waals surface area (Å²) in [7, 11) is 0. The number of amides is 1. The Morgan fingerprint density at radius 3 is 2.66 bits per heavy atom. The first kappa shape index (κ1) is 26.8. The van der Waals surface area contributed by atoms with Crippen molar-refractivity contribution >= 4 is 63.4 Å². The number of nitrogens with one attached hydrogen (secondary N) is 1. The molecule has 1 N–H and O–H groups in total. The monoisotopic (exact) mass is 565 g/mol. The molecule has 1 aliphatic heterocycles. The molecular weight excluding hydrogens is 537 g/mol. The van der Waals surface area contributed by atoms with E-state index >= 15 is 0 Å². The van der Waals surface area contributed by atoms with Gasteiger partial charge >= 0.3 is 0 Å². The van der Waals surface area contributed by atoms with Crippen molar-refractivity contribution in [3.05, 3.63) is 89.1 Å². The van der Waals surface area contributed by atoms with E-state index in [9.17, 15) is 9.59 Å². The fourth-order valence-corrected chi connectivity index (χ4v) is 6.42. The van der Waals surface area contributed by atoms with Gasteiger partial charge in [-0.15, -0.1) is 11.6 Å². The SMILES string of the molecule is O=C(CC1CCCN(C(=O)c2ccc(NSc3cccc4cccnc34)cc2)CC1)C1=CC=C(Cl)CC1Cl. The third-order valence-corrected chi connectivity index (χ3v) is 8.65. The Morgan fingerprint density at radius 1 is 1.03 bits per heavy atom. The zero-order chi connectivity index (χ0) is 26.5. The number of alkyl halides is 1. The summed E-state index contributed by atoms with van der Waals surface area (Å²) < 4.78 is 3.36. The van der Waals surface area contributed by atoms with Gasteiger partial charge in [-0.05, 0) is 79.6 Å². The number of Topliss-reactive ketones (excluding diaryl/α,β-unsaturated/α-hetero) is 1. The van der Waals surface area contributed by atoms with E-state index in [0.717, 1.165) is 40.7 Å². The van der Waals surface area contributed by atoms with Gasteiger partial charge in [-0.25, -0.2) is 0 Å². The summed E-state index contributed by atoms with van der Waals surface area (Å²) in [6, 6.07) is 17.7. The standard InChI is InChI=1S/C30H29Cl2N3O2S/c31-23-10-13-25(26(32)19-23)27(36)18-20-4-3-16-35(17-14-20)30(37)22-8-11-24(12-9-22)34-38-28-7-1-5-21-6-2-15-33-29(21)28/h1-2,5-13,15,20,26,34H,3-4,14,16-19H2. The van der Waals surface area contributed by atoms with Gasteiger partial charge in [-0.1, -0.05) is 35.9 Å². The lowest BCUT2D eigenvalue weighted by Crippen LogP contribution is -2.32. The first-order chi connectivity index (χ1) is 18.5. The molecule has 1 aromatic heterocycles. The highest BCUT2D eigenvalue weighted by molar-refractivity contribution is 8.00. The minimum absolute atomic E-state index is 0.0324. The van der Waals surface area contributed by atoms with Gasteiger partial charge in [0, 0.05) is 59.4 Å². The van der Waals surface area contributed by atoms with E-state index in [0.29, 0.717) is 42.1 Å². The van der Waals surface area contributed by atoms with Gasteiger partial charge in [-0.2, -0.15) is 0 Å². The minimum Gasteiger partial charge on any atom is -0.339 e. The second kappa shape index (κ2) is 12.4. The molecular formula is C30H29Cl2N3O2S. The summed E-state index contributed by atoms with van der Waals surface area (Å²) in [6.45, 7) is 1.35. The number of para-hydroxylation sites is 1. The predicted molar refractivity (Wildman–Crippen MR) is 157 cm³/mol. The van der Waals surface area contributed by atoms with E-state index in [4.69, 9.17) is 23.2 Å². The summed E-state index contributed by atoms with van der Waals surface area (Å²) in [4.78, 5) is 33.5. The number of rotatable bonds is 7. The molecule has 38 heavy (non-hydrogen) atoms. The second-order valence-electron chi connectivity index (χ2n) is 9.74. The van der Waals surface area contributed by atoms with E-state index in [2.05, 4.69) is 9.71 Å². The maximum atomic E-state index is 13.2. The van der Waals surface area contributed by atoms with Crippen molar-refractivity contribution in [2.45, 2.75) is 42.4 Å². The third-order valence-electron chi connectivity index (χ3n) is 7.09. The highest BCUT2D eigenvalue weighted by Gasteiger charge is 2.27. The summed E-state index contributed by atoms with van der Waals surface area (Å²) in [5.41, 5.74) is 3.19. The Labute approximate surface area is 237 Å². The van der Waals surface area contributed by atoms with Crippen LogP contribution < -0.4 is 4.72 Å². The number of nitrogens with zero attached hydrogens (tertiary/aromatic N) is 2. The minimum atomic E-state index is -0.358. The van der Waals surface area contributed by atoms with Crippen LogP contribution in [0.3, 0.4) is 0 Å². The van der Waals surface area contributed by atoms with Crippen molar-refractivity contribution in [2.24, 2.45) is 5.92 Å². The number of pyridine rings is 1. The number of carbonyl (C=O) groups is 2. The highest BCUT2D eigenvalue weighted by atomic mass is 35.5. The molecule has 2 heterocycles. The van der Waals surface area contributed by atoms with Crippen molar-refractivity contribution in [2.75, 3.05) is 17.8 Å². The fourth-order valence-electron chi connectivity index (χ4n) is 4.99. The van der Waals surface area contributed by atoms with Crippen LogP contribution in [0.4, 0.5) is 5.69 Å². The number of anilines is 1. The van der Waals surface area contributed by atoms with Crippen LogP contribution in [0.5, 0.6) is 0 Å². The number of likely N-dealkylation sites (tertiary alicyclic amines) is 1. The maximum Gasteiger partial charge on any atom is 0.253 e. The van der Waals surface area contributed by atoms with Crippen LogP contribution in [0, 0.1) is 5.92 Å². The molecule has 2 aromatic carbocycles. The zero-order valence-electron chi connectivity index (χ0n) is 20.9. The molecule has 1 fully saturated rings. The van der Waals surface area contributed by atoms with Crippen molar-refractivity contribution in [3.63, 3.8) is 0 Å². The lowest BCUT2D eigenvalue weighted by atomic mass is 9.89. The first-order valence-corrected chi connectivity index (χ1v) is 14.5. The molecule has 0 saturated carbocycles. The molecule has 5 rings (SSSR count). The summed E-state index contributed by atoms with van der Waals surface area (Å²) in [5.74, 6) is 0.374. The van der Waals surface area contributed by atoms with Crippen LogP contribution in [-0.4, -0.2) is 40.0 Å². The molecule has 0 bridgehead atoms. The molecule has 3 aromatic rings. The molecule has 196 valence electrons.